The molecule has 0 aliphatic carbocycles. The van der Waals surface area contributed by atoms with Crippen molar-refractivity contribution in [2.75, 3.05) is 5.32 Å². The van der Waals surface area contributed by atoms with Crippen LogP contribution in [0.3, 0.4) is 0 Å². The summed E-state index contributed by atoms with van der Waals surface area (Å²) in [6.07, 6.45) is 0. The van der Waals surface area contributed by atoms with E-state index in [0.717, 1.165) is 0 Å². The van der Waals surface area contributed by atoms with Gasteiger partial charge in [0.05, 0.1) is 10.5 Å². The molecule has 110 valence electrons. The van der Waals surface area contributed by atoms with Gasteiger partial charge in [-0.2, -0.15) is 0 Å². The van der Waals surface area contributed by atoms with E-state index in [1.54, 1.807) is 25.1 Å². The van der Waals surface area contributed by atoms with E-state index < -0.39 is 9.05 Å². The zero-order valence-electron chi connectivity index (χ0n) is 10.9. The summed E-state index contributed by atoms with van der Waals surface area (Å²) in [5.74, 6) is -0.285. The van der Waals surface area contributed by atoms with Gasteiger partial charge in [0.1, 0.15) is 0 Å². The number of nitrogens with one attached hydrogen (secondary N) is 1. The first-order valence-electron chi connectivity index (χ1n) is 5.90. The maximum Gasteiger partial charge on any atom is 0.261 e. The van der Waals surface area contributed by atoms with E-state index >= 15 is 0 Å². The molecule has 0 spiro atoms. The van der Waals surface area contributed by atoms with Gasteiger partial charge in [-0.25, -0.2) is 8.42 Å². The Balaban J connectivity index is 2.29. The molecule has 0 fully saturated rings. The Kier molecular flexibility index (Phi) is 4.70. The molecule has 4 nitrogen and oxygen atoms in total. The van der Waals surface area contributed by atoms with Gasteiger partial charge in [-0.3, -0.25) is 4.79 Å². The van der Waals surface area contributed by atoms with Gasteiger partial charge >= 0.3 is 0 Å². The number of carbonyl (C=O) groups excluding carboxylic acids is 1. The molecule has 0 unspecified atom stereocenters. The van der Waals surface area contributed by atoms with Crippen molar-refractivity contribution in [1.82, 2.24) is 0 Å². The van der Waals surface area contributed by atoms with Gasteiger partial charge in [0.25, 0.3) is 15.0 Å². The van der Waals surface area contributed by atoms with Crippen LogP contribution in [0, 0.1) is 6.92 Å². The number of benzene rings is 2. The van der Waals surface area contributed by atoms with Crippen molar-refractivity contribution in [2.45, 2.75) is 11.8 Å². The van der Waals surface area contributed by atoms with Crippen molar-refractivity contribution < 1.29 is 13.2 Å². The first-order chi connectivity index (χ1) is 9.79. The quantitative estimate of drug-likeness (QED) is 0.810. The van der Waals surface area contributed by atoms with Crippen LogP contribution in [0.15, 0.2) is 51.8 Å². The van der Waals surface area contributed by atoms with Gasteiger partial charge in [-0.1, -0.05) is 12.1 Å². The SMILES string of the molecule is Cc1cc(S(=O)(=O)Cl)ccc1NC(=O)c1ccccc1Br. The van der Waals surface area contributed by atoms with E-state index in [-0.39, 0.29) is 10.8 Å². The fourth-order valence-electron chi connectivity index (χ4n) is 1.76. The lowest BCUT2D eigenvalue weighted by molar-refractivity contribution is 0.102. The normalized spacial score (nSPS) is 11.2. The number of hydrogen-bond donors (Lipinski definition) is 1. The van der Waals surface area contributed by atoms with E-state index in [0.29, 0.717) is 21.3 Å². The van der Waals surface area contributed by atoms with Crippen LogP contribution in [0.25, 0.3) is 0 Å². The molecule has 0 radical (unpaired) electrons. The third kappa shape index (κ3) is 3.84. The van der Waals surface area contributed by atoms with Crippen LogP contribution in [0.5, 0.6) is 0 Å². The molecule has 2 rings (SSSR count). The Labute approximate surface area is 135 Å². The number of anilines is 1. The van der Waals surface area contributed by atoms with Crippen molar-refractivity contribution in [3.63, 3.8) is 0 Å². The van der Waals surface area contributed by atoms with Crippen LogP contribution in [0.2, 0.25) is 0 Å². The molecule has 0 aromatic heterocycles. The summed E-state index contributed by atoms with van der Waals surface area (Å²) in [4.78, 5) is 12.2. The molecule has 0 heterocycles. The Bertz CT molecular complexity index is 806. The summed E-state index contributed by atoms with van der Waals surface area (Å²) in [6.45, 7) is 1.70. The third-order valence-electron chi connectivity index (χ3n) is 2.85. The number of carbonyl (C=O) groups is 1. The van der Waals surface area contributed by atoms with Crippen molar-refractivity contribution in [3.8, 4) is 0 Å². The molecule has 0 aliphatic heterocycles. The van der Waals surface area contributed by atoms with Crippen LogP contribution in [-0.2, 0) is 9.05 Å². The van der Waals surface area contributed by atoms with Gasteiger partial charge in [-0.05, 0) is 58.7 Å². The number of rotatable bonds is 3. The minimum atomic E-state index is -3.78. The molecule has 1 N–H and O–H groups in total. The van der Waals surface area contributed by atoms with Crippen LogP contribution < -0.4 is 5.32 Å². The average Bonchev–Trinajstić information content (AvgIpc) is 2.40. The van der Waals surface area contributed by atoms with Crippen LogP contribution in [-0.4, -0.2) is 14.3 Å². The van der Waals surface area contributed by atoms with Crippen molar-refractivity contribution in [1.29, 1.82) is 0 Å². The molecule has 21 heavy (non-hydrogen) atoms. The molecular formula is C14H11BrClNO3S. The molecular weight excluding hydrogens is 378 g/mol. The summed E-state index contributed by atoms with van der Waals surface area (Å²) in [6, 6.07) is 11.3. The van der Waals surface area contributed by atoms with Crippen molar-refractivity contribution >= 4 is 47.3 Å². The Morgan fingerprint density at radius 1 is 1.19 bits per heavy atom. The minimum Gasteiger partial charge on any atom is -0.322 e. The fraction of sp³-hybridized carbons (Fsp3) is 0.0714. The topological polar surface area (TPSA) is 63.2 Å². The molecule has 2 aromatic carbocycles. The lowest BCUT2D eigenvalue weighted by atomic mass is 10.1. The molecule has 1 amide bonds. The molecule has 0 aliphatic rings. The monoisotopic (exact) mass is 387 g/mol. The maximum absolute atomic E-state index is 12.2. The van der Waals surface area contributed by atoms with E-state index in [4.69, 9.17) is 10.7 Å². The molecule has 0 atom stereocenters. The minimum absolute atomic E-state index is 0.000516. The summed E-state index contributed by atoms with van der Waals surface area (Å²) in [5.41, 5.74) is 1.63. The number of halogens is 2. The van der Waals surface area contributed by atoms with Gasteiger partial charge in [0, 0.05) is 20.8 Å². The average molecular weight is 389 g/mol. The zero-order chi connectivity index (χ0) is 15.6. The summed E-state index contributed by atoms with van der Waals surface area (Å²) < 4.78 is 23.2. The lowest BCUT2D eigenvalue weighted by Crippen LogP contribution is -2.13. The summed E-state index contributed by atoms with van der Waals surface area (Å²) in [7, 11) is 1.51. The van der Waals surface area contributed by atoms with Crippen LogP contribution in [0.4, 0.5) is 5.69 Å². The first kappa shape index (κ1) is 16.0. The second-order valence-electron chi connectivity index (χ2n) is 4.35. The fourth-order valence-corrected chi connectivity index (χ4v) is 3.06. The molecule has 0 bridgehead atoms. The number of amides is 1. The van der Waals surface area contributed by atoms with Crippen LogP contribution >= 0.6 is 26.6 Å². The second kappa shape index (κ2) is 6.17. The Morgan fingerprint density at radius 3 is 2.43 bits per heavy atom. The highest BCUT2D eigenvalue weighted by atomic mass is 79.9. The Morgan fingerprint density at radius 2 is 1.86 bits per heavy atom. The van der Waals surface area contributed by atoms with Crippen LogP contribution in [0.1, 0.15) is 15.9 Å². The maximum atomic E-state index is 12.2. The number of aryl methyl sites for hydroxylation is 1. The highest BCUT2D eigenvalue weighted by molar-refractivity contribution is 9.10. The van der Waals surface area contributed by atoms with E-state index in [9.17, 15) is 13.2 Å². The van der Waals surface area contributed by atoms with Gasteiger partial charge < -0.3 is 5.32 Å². The van der Waals surface area contributed by atoms with E-state index in [1.165, 1.54) is 18.2 Å². The third-order valence-corrected chi connectivity index (χ3v) is 4.89. The summed E-state index contributed by atoms with van der Waals surface area (Å²) in [5, 5.41) is 2.74. The van der Waals surface area contributed by atoms with Crippen molar-refractivity contribution in [3.05, 3.63) is 58.1 Å². The van der Waals surface area contributed by atoms with Gasteiger partial charge in [-0.15, -0.1) is 0 Å². The first-order valence-corrected chi connectivity index (χ1v) is 9.00. The van der Waals surface area contributed by atoms with Gasteiger partial charge in [0.2, 0.25) is 0 Å². The van der Waals surface area contributed by atoms with E-state index in [1.807, 2.05) is 6.07 Å². The predicted molar refractivity (Wildman–Crippen MR) is 86.3 cm³/mol. The largest absolute Gasteiger partial charge is 0.322 e. The number of hydrogen-bond acceptors (Lipinski definition) is 3. The lowest BCUT2D eigenvalue weighted by Gasteiger charge is -2.10. The molecule has 0 saturated carbocycles. The molecule has 2 aromatic rings. The molecule has 7 heteroatoms. The van der Waals surface area contributed by atoms with Crippen molar-refractivity contribution in [2.24, 2.45) is 0 Å². The standard InChI is InChI=1S/C14H11BrClNO3S/c1-9-8-10(21(16,19)20)6-7-13(9)17-14(18)11-4-2-3-5-12(11)15/h2-8H,1H3,(H,17,18). The second-order valence-corrected chi connectivity index (χ2v) is 7.77. The Hall–Kier alpha value is -1.37. The highest BCUT2D eigenvalue weighted by Gasteiger charge is 2.14. The predicted octanol–water partition coefficient (Wildman–Crippen LogP) is 3.94. The highest BCUT2D eigenvalue weighted by Crippen LogP contribution is 2.23. The van der Waals surface area contributed by atoms with E-state index in [2.05, 4.69) is 21.2 Å². The zero-order valence-corrected chi connectivity index (χ0v) is 14.1. The summed E-state index contributed by atoms with van der Waals surface area (Å²) >= 11 is 3.31. The smallest absolute Gasteiger partial charge is 0.261 e. The molecule has 0 saturated heterocycles. The van der Waals surface area contributed by atoms with Gasteiger partial charge in [0.15, 0.2) is 0 Å².